The van der Waals surface area contributed by atoms with Gasteiger partial charge in [-0.1, -0.05) is 18.2 Å². The van der Waals surface area contributed by atoms with Gasteiger partial charge in [0, 0.05) is 12.9 Å². The fourth-order valence-corrected chi connectivity index (χ4v) is 1.29. The summed E-state index contributed by atoms with van der Waals surface area (Å²) >= 11 is 5.94. The summed E-state index contributed by atoms with van der Waals surface area (Å²) < 4.78 is 5.02. The molecule has 4 heteroatoms. The van der Waals surface area contributed by atoms with Gasteiger partial charge in [-0.2, -0.15) is 5.10 Å². The molecule has 0 aliphatic heterocycles. The van der Waals surface area contributed by atoms with Crippen LogP contribution in [0.2, 0.25) is 5.02 Å². The van der Waals surface area contributed by atoms with Crippen molar-refractivity contribution in [1.29, 1.82) is 0 Å². The predicted molar refractivity (Wildman–Crippen MR) is 60.2 cm³/mol. The number of ether oxygens (including phenoxy) is 1. The largest absolute Gasteiger partial charge is 0.495 e. The van der Waals surface area contributed by atoms with Gasteiger partial charge in [0.15, 0.2) is 0 Å². The van der Waals surface area contributed by atoms with Gasteiger partial charge in [0.25, 0.3) is 0 Å². The van der Waals surface area contributed by atoms with Crippen molar-refractivity contribution in [1.82, 2.24) is 0 Å². The van der Waals surface area contributed by atoms with Crippen LogP contribution >= 0.6 is 11.6 Å². The molecule has 1 aromatic rings. The number of anilines is 1. The first kappa shape index (κ1) is 10.6. The Labute approximate surface area is 88.2 Å². The van der Waals surface area contributed by atoms with Crippen LogP contribution in [0.5, 0.6) is 5.75 Å². The summed E-state index contributed by atoms with van der Waals surface area (Å²) in [7, 11) is 1.57. The van der Waals surface area contributed by atoms with Gasteiger partial charge in [-0.25, -0.2) is 5.01 Å². The van der Waals surface area contributed by atoms with E-state index in [4.69, 9.17) is 16.3 Å². The molecule has 0 N–H and O–H groups in total. The Kier molecular flexibility index (Phi) is 3.54. The summed E-state index contributed by atoms with van der Waals surface area (Å²) in [5.74, 6) is 0.628. The Bertz CT molecular complexity index is 344. The molecular weight excluding hydrogens is 200 g/mol. The van der Waals surface area contributed by atoms with Crippen LogP contribution in [0.1, 0.15) is 0 Å². The summed E-state index contributed by atoms with van der Waals surface area (Å²) in [5.41, 5.74) is 0.792. The molecule has 0 fully saturated rings. The molecule has 0 saturated heterocycles. The third-order valence-corrected chi connectivity index (χ3v) is 2.02. The molecule has 0 radical (unpaired) electrons. The molecule has 1 rings (SSSR count). The number of hydrogen-bond acceptors (Lipinski definition) is 3. The van der Waals surface area contributed by atoms with Gasteiger partial charge >= 0.3 is 0 Å². The Balaban J connectivity index is 3.06. The van der Waals surface area contributed by atoms with Crippen molar-refractivity contribution in [2.45, 2.75) is 0 Å². The number of nitrogens with zero attached hydrogens (tertiary/aromatic N) is 2. The zero-order valence-electron chi connectivity index (χ0n) is 7.90. The van der Waals surface area contributed by atoms with Gasteiger partial charge in [0.05, 0.1) is 17.8 Å². The van der Waals surface area contributed by atoms with Crippen molar-refractivity contribution in [3.8, 4) is 5.75 Å². The van der Waals surface area contributed by atoms with Crippen LogP contribution < -0.4 is 9.75 Å². The minimum atomic E-state index is 0.528. The SMILES string of the molecule is C=CN(N=C)c1ccc(OC)c(Cl)c1. The van der Waals surface area contributed by atoms with E-state index in [0.717, 1.165) is 5.69 Å². The quantitative estimate of drug-likeness (QED) is 0.564. The first-order valence-corrected chi connectivity index (χ1v) is 4.32. The average molecular weight is 211 g/mol. The second-order valence-electron chi connectivity index (χ2n) is 2.49. The third-order valence-electron chi connectivity index (χ3n) is 1.73. The maximum absolute atomic E-state index is 5.94. The summed E-state index contributed by atoms with van der Waals surface area (Å²) in [4.78, 5) is 0. The topological polar surface area (TPSA) is 24.8 Å². The van der Waals surface area contributed by atoms with Crippen LogP contribution in [0.25, 0.3) is 0 Å². The molecule has 1 aromatic carbocycles. The van der Waals surface area contributed by atoms with Crippen molar-refractivity contribution in [2.75, 3.05) is 12.1 Å². The van der Waals surface area contributed by atoms with E-state index in [1.807, 2.05) is 6.07 Å². The van der Waals surface area contributed by atoms with Crippen LogP contribution in [0.15, 0.2) is 36.1 Å². The molecule has 0 aliphatic rings. The number of rotatable bonds is 4. The molecule has 0 aliphatic carbocycles. The van der Waals surface area contributed by atoms with Crippen LogP contribution in [0.3, 0.4) is 0 Å². The van der Waals surface area contributed by atoms with Crippen LogP contribution in [0, 0.1) is 0 Å². The number of hydrogen-bond donors (Lipinski definition) is 0. The zero-order valence-corrected chi connectivity index (χ0v) is 8.66. The van der Waals surface area contributed by atoms with E-state index in [1.165, 1.54) is 5.01 Å². The maximum Gasteiger partial charge on any atom is 0.137 e. The number of hydrazone groups is 1. The molecular formula is C10H11ClN2O. The first-order valence-electron chi connectivity index (χ1n) is 3.95. The number of halogens is 1. The molecule has 0 aromatic heterocycles. The minimum Gasteiger partial charge on any atom is -0.495 e. The molecule has 0 heterocycles. The van der Waals surface area contributed by atoms with Gasteiger partial charge in [0.2, 0.25) is 0 Å². The smallest absolute Gasteiger partial charge is 0.137 e. The highest BCUT2D eigenvalue weighted by atomic mass is 35.5. The average Bonchev–Trinajstić information content (AvgIpc) is 2.20. The molecule has 14 heavy (non-hydrogen) atoms. The van der Waals surface area contributed by atoms with Crippen LogP contribution in [-0.2, 0) is 0 Å². The van der Waals surface area contributed by atoms with Gasteiger partial charge in [0.1, 0.15) is 5.75 Å². The standard InChI is InChI=1S/C10H11ClN2O/c1-4-13(12-2)8-5-6-10(14-3)9(11)7-8/h4-7H,1-2H2,3H3. The van der Waals surface area contributed by atoms with E-state index >= 15 is 0 Å². The van der Waals surface area contributed by atoms with E-state index < -0.39 is 0 Å². The highest BCUT2D eigenvalue weighted by Crippen LogP contribution is 2.29. The van der Waals surface area contributed by atoms with E-state index in [-0.39, 0.29) is 0 Å². The van der Waals surface area contributed by atoms with E-state index in [1.54, 1.807) is 25.4 Å². The third kappa shape index (κ3) is 2.06. The van der Waals surface area contributed by atoms with Crippen molar-refractivity contribution >= 4 is 24.0 Å². The lowest BCUT2D eigenvalue weighted by Crippen LogP contribution is -2.05. The summed E-state index contributed by atoms with van der Waals surface area (Å²) in [6.45, 7) is 7.01. The Morgan fingerprint density at radius 2 is 2.29 bits per heavy atom. The number of benzene rings is 1. The van der Waals surface area contributed by atoms with Crippen LogP contribution in [-0.4, -0.2) is 13.8 Å². The Hall–Kier alpha value is -1.48. The molecule has 0 atom stereocenters. The molecule has 3 nitrogen and oxygen atoms in total. The lowest BCUT2D eigenvalue weighted by Gasteiger charge is -2.13. The van der Waals surface area contributed by atoms with Gasteiger partial charge in [-0.3, -0.25) is 0 Å². The lowest BCUT2D eigenvalue weighted by molar-refractivity contribution is 0.415. The normalized spacial score (nSPS) is 9.29. The second kappa shape index (κ2) is 4.67. The second-order valence-corrected chi connectivity index (χ2v) is 2.89. The van der Waals surface area contributed by atoms with Crippen molar-refractivity contribution in [3.63, 3.8) is 0 Å². The molecule has 74 valence electrons. The van der Waals surface area contributed by atoms with Crippen molar-refractivity contribution in [3.05, 3.63) is 36.0 Å². The summed E-state index contributed by atoms with van der Waals surface area (Å²) in [6, 6.07) is 5.32. The van der Waals surface area contributed by atoms with Gasteiger partial charge in [-0.15, -0.1) is 0 Å². The zero-order chi connectivity index (χ0) is 10.6. The minimum absolute atomic E-state index is 0.528. The van der Waals surface area contributed by atoms with E-state index in [2.05, 4.69) is 18.4 Å². The molecule has 0 amide bonds. The number of methoxy groups -OCH3 is 1. The van der Waals surface area contributed by atoms with Crippen molar-refractivity contribution in [2.24, 2.45) is 5.10 Å². The lowest BCUT2D eigenvalue weighted by atomic mass is 10.3. The molecule has 0 unspecified atom stereocenters. The van der Waals surface area contributed by atoms with E-state index in [0.29, 0.717) is 10.8 Å². The Morgan fingerprint density at radius 3 is 2.71 bits per heavy atom. The van der Waals surface area contributed by atoms with E-state index in [9.17, 15) is 0 Å². The monoisotopic (exact) mass is 210 g/mol. The molecule has 0 spiro atoms. The highest BCUT2D eigenvalue weighted by Gasteiger charge is 2.04. The fourth-order valence-electron chi connectivity index (χ4n) is 1.04. The first-order chi connectivity index (χ1) is 6.72. The van der Waals surface area contributed by atoms with Crippen molar-refractivity contribution < 1.29 is 4.74 Å². The van der Waals surface area contributed by atoms with Gasteiger partial charge in [-0.05, 0) is 18.2 Å². The molecule has 0 bridgehead atoms. The summed E-state index contributed by atoms with van der Waals surface area (Å²) in [6.07, 6.45) is 1.55. The highest BCUT2D eigenvalue weighted by molar-refractivity contribution is 6.32. The summed E-state index contributed by atoms with van der Waals surface area (Å²) in [5, 5.41) is 5.79. The fraction of sp³-hybridized carbons (Fsp3) is 0.100. The predicted octanol–water partition coefficient (Wildman–Crippen LogP) is 2.91. The Morgan fingerprint density at radius 1 is 1.57 bits per heavy atom. The van der Waals surface area contributed by atoms with Gasteiger partial charge < -0.3 is 4.74 Å². The maximum atomic E-state index is 5.94. The van der Waals surface area contributed by atoms with Crippen LogP contribution in [0.4, 0.5) is 5.69 Å². The molecule has 0 saturated carbocycles.